The van der Waals surface area contributed by atoms with Crippen LogP contribution in [0, 0.1) is 5.92 Å². The van der Waals surface area contributed by atoms with Crippen molar-refractivity contribution in [1.82, 2.24) is 0 Å². The molecule has 0 spiro atoms. The molecule has 2 heteroatoms. The van der Waals surface area contributed by atoms with Crippen LogP contribution in [0.25, 0.3) is 0 Å². The maximum atomic E-state index is 13.8. The first-order valence-corrected chi connectivity index (χ1v) is 6.31. The van der Waals surface area contributed by atoms with Gasteiger partial charge in [0, 0.05) is 5.02 Å². The van der Waals surface area contributed by atoms with Gasteiger partial charge in [-0.25, -0.2) is 4.39 Å². The van der Waals surface area contributed by atoms with Gasteiger partial charge in [0.25, 0.3) is 0 Å². The topological polar surface area (TPSA) is 0 Å². The molecular weight excluding hydrogens is 223 g/mol. The smallest absolute Gasteiger partial charge is 0.103 e. The Morgan fingerprint density at radius 3 is 2.25 bits per heavy atom. The number of alkyl halides is 1. The van der Waals surface area contributed by atoms with Crippen molar-refractivity contribution in [2.75, 3.05) is 0 Å². The molecule has 1 fully saturated rings. The molecule has 2 rings (SSSR count). The van der Waals surface area contributed by atoms with Crippen LogP contribution < -0.4 is 0 Å². The summed E-state index contributed by atoms with van der Waals surface area (Å²) in [6.45, 7) is 3.89. The number of halogens is 2. The molecule has 0 N–H and O–H groups in total. The fourth-order valence-corrected chi connectivity index (χ4v) is 2.30. The zero-order valence-corrected chi connectivity index (χ0v) is 10.6. The molecule has 1 aromatic carbocycles. The molecule has 0 aliphatic heterocycles. The van der Waals surface area contributed by atoms with Crippen molar-refractivity contribution in [1.29, 1.82) is 0 Å². The Kier molecular flexibility index (Phi) is 3.25. The molecule has 0 radical (unpaired) electrons. The molecular formula is C14H18ClF. The maximum absolute atomic E-state index is 13.8. The molecule has 16 heavy (non-hydrogen) atoms. The Morgan fingerprint density at radius 2 is 1.81 bits per heavy atom. The third kappa shape index (κ3) is 2.40. The van der Waals surface area contributed by atoms with Gasteiger partial charge in [0.2, 0.25) is 0 Å². The van der Waals surface area contributed by atoms with Crippen molar-refractivity contribution in [2.45, 2.75) is 44.7 Å². The lowest BCUT2D eigenvalue weighted by atomic mass is 9.87. The Labute approximate surface area is 102 Å². The molecule has 0 nitrogen and oxygen atoms in total. The van der Waals surface area contributed by atoms with Crippen LogP contribution in [0.15, 0.2) is 24.3 Å². The summed E-state index contributed by atoms with van der Waals surface area (Å²) < 4.78 is 13.8. The third-order valence-corrected chi connectivity index (χ3v) is 3.87. The Hall–Kier alpha value is -0.560. The summed E-state index contributed by atoms with van der Waals surface area (Å²) >= 11 is 5.86. The highest BCUT2D eigenvalue weighted by Crippen LogP contribution is 2.52. The van der Waals surface area contributed by atoms with Gasteiger partial charge in [-0.3, -0.25) is 0 Å². The normalized spacial score (nSPS) is 19.8. The number of benzene rings is 1. The third-order valence-electron chi connectivity index (χ3n) is 3.62. The van der Waals surface area contributed by atoms with Gasteiger partial charge in [-0.1, -0.05) is 37.6 Å². The van der Waals surface area contributed by atoms with Crippen LogP contribution in [0.1, 0.15) is 38.7 Å². The van der Waals surface area contributed by atoms with Crippen molar-refractivity contribution in [3.8, 4) is 0 Å². The van der Waals surface area contributed by atoms with Gasteiger partial charge in [-0.15, -0.1) is 0 Å². The Balaban J connectivity index is 2.11. The van der Waals surface area contributed by atoms with Gasteiger partial charge in [-0.2, -0.15) is 0 Å². The van der Waals surface area contributed by atoms with Gasteiger partial charge < -0.3 is 0 Å². The van der Waals surface area contributed by atoms with Crippen LogP contribution in [-0.2, 0) is 5.41 Å². The summed E-state index contributed by atoms with van der Waals surface area (Å²) in [6.07, 6.45) is 2.19. The molecule has 88 valence electrons. The minimum absolute atomic E-state index is 0.105. The second-order valence-corrected chi connectivity index (χ2v) is 5.69. The molecule has 0 bridgehead atoms. The van der Waals surface area contributed by atoms with Gasteiger partial charge in [0.05, 0.1) is 0 Å². The van der Waals surface area contributed by atoms with Crippen molar-refractivity contribution >= 4 is 11.6 Å². The fraction of sp³-hybridized carbons (Fsp3) is 0.571. The minimum atomic E-state index is -0.696. The van der Waals surface area contributed by atoms with E-state index in [1.54, 1.807) is 0 Å². The summed E-state index contributed by atoms with van der Waals surface area (Å²) in [5.41, 5.74) is 1.36. The average Bonchev–Trinajstić information content (AvgIpc) is 2.99. The quantitative estimate of drug-likeness (QED) is 0.712. The first kappa shape index (κ1) is 11.9. The maximum Gasteiger partial charge on any atom is 0.103 e. The van der Waals surface area contributed by atoms with Crippen LogP contribution in [0.3, 0.4) is 0 Å². The molecule has 0 aromatic heterocycles. The van der Waals surface area contributed by atoms with Crippen LogP contribution in [0.5, 0.6) is 0 Å². The van der Waals surface area contributed by atoms with Crippen molar-refractivity contribution < 1.29 is 4.39 Å². The van der Waals surface area contributed by atoms with Crippen molar-refractivity contribution in [2.24, 2.45) is 5.92 Å². The zero-order valence-electron chi connectivity index (χ0n) is 9.84. The predicted molar refractivity (Wildman–Crippen MR) is 66.7 cm³/mol. The highest BCUT2D eigenvalue weighted by Gasteiger charge is 2.46. The molecule has 1 atom stereocenters. The van der Waals surface area contributed by atoms with E-state index in [2.05, 4.69) is 0 Å². The lowest BCUT2D eigenvalue weighted by Gasteiger charge is -2.20. The molecule has 1 saturated carbocycles. The van der Waals surface area contributed by atoms with Crippen LogP contribution in [0.2, 0.25) is 5.02 Å². The van der Waals surface area contributed by atoms with E-state index in [1.165, 1.54) is 5.56 Å². The first-order valence-electron chi connectivity index (χ1n) is 5.94. The second-order valence-electron chi connectivity index (χ2n) is 5.25. The predicted octanol–water partition coefficient (Wildman–Crippen LogP) is 4.76. The molecule has 1 aliphatic rings. The monoisotopic (exact) mass is 240 g/mol. The van der Waals surface area contributed by atoms with E-state index in [-0.39, 0.29) is 11.3 Å². The standard InChI is InChI=1S/C14H18ClF/c1-10(2)13(16)9-14(7-8-14)11-3-5-12(15)6-4-11/h3-6,10,13H,7-9H2,1-2H3/t13-/m1/s1. The average molecular weight is 241 g/mol. The van der Waals surface area contributed by atoms with E-state index < -0.39 is 6.17 Å². The van der Waals surface area contributed by atoms with E-state index in [9.17, 15) is 4.39 Å². The van der Waals surface area contributed by atoms with Gasteiger partial charge in [0.1, 0.15) is 6.17 Å². The summed E-state index contributed by atoms with van der Waals surface area (Å²) in [5, 5.41) is 0.750. The highest BCUT2D eigenvalue weighted by atomic mass is 35.5. The summed E-state index contributed by atoms with van der Waals surface area (Å²) in [7, 11) is 0. The van der Waals surface area contributed by atoms with E-state index in [1.807, 2.05) is 38.1 Å². The SMILES string of the molecule is CC(C)[C@H](F)CC1(c2ccc(Cl)cc2)CC1. The van der Waals surface area contributed by atoms with Crippen molar-refractivity contribution in [3.63, 3.8) is 0 Å². The Bertz CT molecular complexity index is 352. The number of hydrogen-bond acceptors (Lipinski definition) is 0. The largest absolute Gasteiger partial charge is 0.247 e. The lowest BCUT2D eigenvalue weighted by Crippen LogP contribution is -2.18. The zero-order chi connectivity index (χ0) is 11.8. The van der Waals surface area contributed by atoms with Crippen molar-refractivity contribution in [3.05, 3.63) is 34.9 Å². The molecule has 1 aliphatic carbocycles. The minimum Gasteiger partial charge on any atom is -0.247 e. The fourth-order valence-electron chi connectivity index (χ4n) is 2.17. The van der Waals surface area contributed by atoms with Crippen LogP contribution >= 0.6 is 11.6 Å². The molecule has 0 amide bonds. The van der Waals surface area contributed by atoms with Gasteiger partial charge in [0.15, 0.2) is 0 Å². The van der Waals surface area contributed by atoms with Gasteiger partial charge >= 0.3 is 0 Å². The van der Waals surface area contributed by atoms with E-state index >= 15 is 0 Å². The molecule has 0 unspecified atom stereocenters. The van der Waals surface area contributed by atoms with E-state index in [0.717, 1.165) is 17.9 Å². The number of rotatable bonds is 4. The lowest BCUT2D eigenvalue weighted by molar-refractivity contribution is 0.220. The molecule has 1 aromatic rings. The van der Waals surface area contributed by atoms with E-state index in [4.69, 9.17) is 11.6 Å². The molecule has 0 saturated heterocycles. The van der Waals surface area contributed by atoms with Crippen LogP contribution in [-0.4, -0.2) is 6.17 Å². The number of hydrogen-bond donors (Lipinski definition) is 0. The Morgan fingerprint density at radius 1 is 1.25 bits per heavy atom. The highest BCUT2D eigenvalue weighted by molar-refractivity contribution is 6.30. The molecule has 0 heterocycles. The first-order chi connectivity index (χ1) is 7.53. The van der Waals surface area contributed by atoms with Crippen LogP contribution in [0.4, 0.5) is 4.39 Å². The summed E-state index contributed by atoms with van der Waals surface area (Å²) in [6, 6.07) is 7.89. The van der Waals surface area contributed by atoms with Gasteiger partial charge in [-0.05, 0) is 48.3 Å². The summed E-state index contributed by atoms with van der Waals surface area (Å²) in [4.78, 5) is 0. The second kappa shape index (κ2) is 4.37. The van der Waals surface area contributed by atoms with E-state index in [0.29, 0.717) is 6.42 Å². The summed E-state index contributed by atoms with van der Waals surface area (Å²) in [5.74, 6) is 0.116.